The SMILES string of the molecule is CNc1cc2[nH]c(=O)ccc2cn1. The van der Waals surface area contributed by atoms with Crippen molar-refractivity contribution in [3.05, 3.63) is 34.7 Å². The van der Waals surface area contributed by atoms with Gasteiger partial charge in [-0.3, -0.25) is 4.79 Å². The summed E-state index contributed by atoms with van der Waals surface area (Å²) in [5.41, 5.74) is 0.701. The van der Waals surface area contributed by atoms with Gasteiger partial charge in [0.2, 0.25) is 5.56 Å². The summed E-state index contributed by atoms with van der Waals surface area (Å²) < 4.78 is 0. The largest absolute Gasteiger partial charge is 0.373 e. The monoisotopic (exact) mass is 175 g/mol. The van der Waals surface area contributed by atoms with Gasteiger partial charge in [-0.25, -0.2) is 4.98 Å². The minimum Gasteiger partial charge on any atom is -0.373 e. The molecule has 4 heteroatoms. The van der Waals surface area contributed by atoms with Crippen LogP contribution >= 0.6 is 0 Å². The zero-order valence-electron chi connectivity index (χ0n) is 7.16. The van der Waals surface area contributed by atoms with Gasteiger partial charge < -0.3 is 10.3 Å². The molecule has 0 aliphatic rings. The third-order valence-corrected chi connectivity index (χ3v) is 1.86. The van der Waals surface area contributed by atoms with Gasteiger partial charge in [0.1, 0.15) is 5.82 Å². The van der Waals surface area contributed by atoms with E-state index < -0.39 is 0 Å². The number of fused-ring (bicyclic) bond motifs is 1. The predicted molar refractivity (Wildman–Crippen MR) is 51.9 cm³/mol. The number of hydrogen-bond donors (Lipinski definition) is 2. The van der Waals surface area contributed by atoms with Crippen molar-refractivity contribution in [2.45, 2.75) is 0 Å². The van der Waals surface area contributed by atoms with Crippen molar-refractivity contribution in [2.24, 2.45) is 0 Å². The van der Waals surface area contributed by atoms with E-state index in [1.165, 1.54) is 6.07 Å². The quantitative estimate of drug-likeness (QED) is 0.678. The lowest BCUT2D eigenvalue weighted by Crippen LogP contribution is -2.03. The molecule has 66 valence electrons. The van der Waals surface area contributed by atoms with Crippen molar-refractivity contribution in [2.75, 3.05) is 12.4 Å². The zero-order valence-corrected chi connectivity index (χ0v) is 7.16. The number of aromatic amines is 1. The summed E-state index contributed by atoms with van der Waals surface area (Å²) in [6.45, 7) is 0. The molecule has 2 N–H and O–H groups in total. The first-order valence-corrected chi connectivity index (χ1v) is 3.96. The van der Waals surface area contributed by atoms with E-state index in [2.05, 4.69) is 15.3 Å². The molecule has 0 aliphatic heterocycles. The molecule has 0 atom stereocenters. The van der Waals surface area contributed by atoms with Crippen LogP contribution in [0.5, 0.6) is 0 Å². The Morgan fingerprint density at radius 2 is 2.31 bits per heavy atom. The van der Waals surface area contributed by atoms with Gasteiger partial charge in [-0.2, -0.15) is 0 Å². The Balaban J connectivity index is 2.75. The summed E-state index contributed by atoms with van der Waals surface area (Å²) in [5, 5.41) is 3.83. The molecule has 2 aromatic heterocycles. The van der Waals surface area contributed by atoms with E-state index in [0.29, 0.717) is 0 Å². The zero-order chi connectivity index (χ0) is 9.26. The molecule has 0 unspecified atom stereocenters. The molecule has 0 radical (unpaired) electrons. The Bertz CT molecular complexity index is 489. The lowest BCUT2D eigenvalue weighted by Gasteiger charge is -2.00. The predicted octanol–water partition coefficient (Wildman–Crippen LogP) is 0.965. The summed E-state index contributed by atoms with van der Waals surface area (Å²) in [5.74, 6) is 0.745. The van der Waals surface area contributed by atoms with Crippen molar-refractivity contribution >= 4 is 16.7 Å². The second-order valence-electron chi connectivity index (χ2n) is 2.73. The highest BCUT2D eigenvalue weighted by Gasteiger charge is 1.95. The van der Waals surface area contributed by atoms with E-state index in [-0.39, 0.29) is 5.56 Å². The van der Waals surface area contributed by atoms with Crippen molar-refractivity contribution in [3.63, 3.8) is 0 Å². The fourth-order valence-corrected chi connectivity index (χ4v) is 1.18. The Morgan fingerprint density at radius 1 is 1.46 bits per heavy atom. The number of H-pyrrole nitrogens is 1. The van der Waals surface area contributed by atoms with Crippen LogP contribution in [0.15, 0.2) is 29.2 Å². The molecule has 2 heterocycles. The number of aromatic nitrogens is 2. The lowest BCUT2D eigenvalue weighted by atomic mass is 10.3. The standard InChI is InChI=1S/C9H9N3O/c1-10-8-4-7-6(5-11-8)2-3-9(13)12-7/h2-5H,1H3,(H,10,11)(H,12,13). The summed E-state index contributed by atoms with van der Waals surface area (Å²) in [7, 11) is 1.79. The smallest absolute Gasteiger partial charge is 0.248 e. The van der Waals surface area contributed by atoms with E-state index in [4.69, 9.17) is 0 Å². The maximum atomic E-state index is 11.0. The minimum atomic E-state index is -0.0965. The summed E-state index contributed by atoms with van der Waals surface area (Å²) in [4.78, 5) is 17.8. The number of hydrogen-bond acceptors (Lipinski definition) is 3. The average Bonchev–Trinajstić information content (AvgIpc) is 2.16. The van der Waals surface area contributed by atoms with Crippen LogP contribution in [0.1, 0.15) is 0 Å². The Morgan fingerprint density at radius 3 is 3.08 bits per heavy atom. The van der Waals surface area contributed by atoms with Gasteiger partial charge in [-0.05, 0) is 6.07 Å². The van der Waals surface area contributed by atoms with Crippen LogP contribution in [-0.4, -0.2) is 17.0 Å². The maximum absolute atomic E-state index is 11.0. The van der Waals surface area contributed by atoms with Gasteiger partial charge in [0.15, 0.2) is 0 Å². The van der Waals surface area contributed by atoms with Crippen molar-refractivity contribution < 1.29 is 0 Å². The molecule has 2 rings (SSSR count). The average molecular weight is 175 g/mol. The fourth-order valence-electron chi connectivity index (χ4n) is 1.18. The molecule has 0 spiro atoms. The van der Waals surface area contributed by atoms with Crippen molar-refractivity contribution in [1.82, 2.24) is 9.97 Å². The summed E-state index contributed by atoms with van der Waals surface area (Å²) >= 11 is 0. The topological polar surface area (TPSA) is 57.8 Å². The van der Waals surface area contributed by atoms with Gasteiger partial charge >= 0.3 is 0 Å². The molecule has 13 heavy (non-hydrogen) atoms. The lowest BCUT2D eigenvalue weighted by molar-refractivity contribution is 1.26. The van der Waals surface area contributed by atoms with Crippen molar-refractivity contribution in [3.8, 4) is 0 Å². The van der Waals surface area contributed by atoms with Gasteiger partial charge in [-0.1, -0.05) is 0 Å². The number of nitrogens with zero attached hydrogens (tertiary/aromatic N) is 1. The minimum absolute atomic E-state index is 0.0965. The first kappa shape index (κ1) is 7.79. The molecular weight excluding hydrogens is 166 g/mol. The van der Waals surface area contributed by atoms with Crippen molar-refractivity contribution in [1.29, 1.82) is 0 Å². The second-order valence-corrected chi connectivity index (χ2v) is 2.73. The number of pyridine rings is 2. The number of rotatable bonds is 1. The maximum Gasteiger partial charge on any atom is 0.248 e. The Kier molecular flexibility index (Phi) is 1.73. The molecular formula is C9H9N3O. The summed E-state index contributed by atoms with van der Waals surface area (Å²) in [6.07, 6.45) is 1.72. The first-order valence-electron chi connectivity index (χ1n) is 3.96. The second kappa shape index (κ2) is 2.90. The Labute approximate surface area is 74.6 Å². The normalized spacial score (nSPS) is 10.2. The highest BCUT2D eigenvalue weighted by molar-refractivity contribution is 5.79. The van der Waals surface area contributed by atoms with Gasteiger partial charge in [0, 0.05) is 30.8 Å². The van der Waals surface area contributed by atoms with Gasteiger partial charge in [0.25, 0.3) is 0 Å². The number of nitrogens with one attached hydrogen (secondary N) is 2. The van der Waals surface area contributed by atoms with E-state index in [0.717, 1.165) is 16.7 Å². The van der Waals surface area contributed by atoms with Crippen LogP contribution in [0.4, 0.5) is 5.82 Å². The van der Waals surface area contributed by atoms with Crippen LogP contribution in [0.25, 0.3) is 10.9 Å². The molecule has 0 saturated carbocycles. The molecule has 0 fully saturated rings. The molecule has 0 aromatic carbocycles. The van der Waals surface area contributed by atoms with Crippen LogP contribution < -0.4 is 10.9 Å². The molecule has 0 aliphatic carbocycles. The van der Waals surface area contributed by atoms with Gasteiger partial charge in [-0.15, -0.1) is 0 Å². The first-order chi connectivity index (χ1) is 6.29. The third-order valence-electron chi connectivity index (χ3n) is 1.86. The van der Waals surface area contributed by atoms with Crippen LogP contribution in [0.3, 0.4) is 0 Å². The third kappa shape index (κ3) is 1.38. The van der Waals surface area contributed by atoms with E-state index >= 15 is 0 Å². The highest BCUT2D eigenvalue weighted by Crippen LogP contribution is 2.11. The molecule has 0 amide bonds. The molecule has 0 saturated heterocycles. The van der Waals surface area contributed by atoms with Crippen LogP contribution in [-0.2, 0) is 0 Å². The van der Waals surface area contributed by atoms with Crippen LogP contribution in [0.2, 0.25) is 0 Å². The molecule has 2 aromatic rings. The highest BCUT2D eigenvalue weighted by atomic mass is 16.1. The van der Waals surface area contributed by atoms with E-state index in [1.807, 2.05) is 0 Å². The Hall–Kier alpha value is -1.84. The summed E-state index contributed by atoms with van der Waals surface area (Å²) in [6, 6.07) is 5.04. The number of anilines is 1. The fraction of sp³-hybridized carbons (Fsp3) is 0.111. The van der Waals surface area contributed by atoms with Gasteiger partial charge in [0.05, 0.1) is 5.52 Å². The van der Waals surface area contributed by atoms with E-state index in [9.17, 15) is 4.79 Å². The molecule has 4 nitrogen and oxygen atoms in total. The van der Waals surface area contributed by atoms with E-state index in [1.54, 1.807) is 25.4 Å². The molecule has 0 bridgehead atoms. The van der Waals surface area contributed by atoms with Crippen LogP contribution in [0, 0.1) is 0 Å².